The zero-order valence-electron chi connectivity index (χ0n) is 20.2. The first-order valence-corrected chi connectivity index (χ1v) is 13.2. The van der Waals surface area contributed by atoms with Gasteiger partial charge in [0.1, 0.15) is 23.0 Å². The summed E-state index contributed by atoms with van der Waals surface area (Å²) in [5.74, 6) is 0.540. The van der Waals surface area contributed by atoms with E-state index in [9.17, 15) is 14.7 Å². The van der Waals surface area contributed by atoms with Gasteiger partial charge in [-0.15, -0.1) is 0 Å². The average molecular weight is 641 g/mol. The minimum Gasteiger partial charge on any atom is -0.507 e. The van der Waals surface area contributed by atoms with E-state index in [2.05, 4.69) is 31.9 Å². The van der Waals surface area contributed by atoms with Crippen LogP contribution in [0.2, 0.25) is 0 Å². The van der Waals surface area contributed by atoms with Gasteiger partial charge < -0.3 is 24.6 Å². The minimum absolute atomic E-state index is 0.0729. The molecule has 7 nitrogen and oxygen atoms in total. The third kappa shape index (κ3) is 6.54. The standard InChI is InChI=1S/C29H23Br2NO6/c1-2-32(19-8-10-21(11-9-19)37-20-6-4-3-5-7-20)29(36)23-17-22(12-13-26(23)33)38-28-24(30)14-18(15-25(28)31)16-27(34)35/h3-15,17,33H,2,16H2,1H3,(H,34,35). The number of rotatable bonds is 9. The molecule has 0 radical (unpaired) electrons. The van der Waals surface area contributed by atoms with Gasteiger partial charge in [-0.1, -0.05) is 18.2 Å². The van der Waals surface area contributed by atoms with Crippen molar-refractivity contribution in [3.63, 3.8) is 0 Å². The van der Waals surface area contributed by atoms with Crippen molar-refractivity contribution < 1.29 is 29.3 Å². The van der Waals surface area contributed by atoms with E-state index in [0.717, 1.165) is 0 Å². The molecule has 9 heteroatoms. The number of aliphatic carboxylic acids is 1. The predicted molar refractivity (Wildman–Crippen MR) is 152 cm³/mol. The van der Waals surface area contributed by atoms with Gasteiger partial charge in [0, 0.05) is 12.2 Å². The maximum Gasteiger partial charge on any atom is 0.307 e. The Morgan fingerprint density at radius 3 is 2.03 bits per heavy atom. The molecule has 0 saturated heterocycles. The Morgan fingerprint density at radius 1 is 0.816 bits per heavy atom. The monoisotopic (exact) mass is 639 g/mol. The Labute approximate surface area is 236 Å². The lowest BCUT2D eigenvalue weighted by atomic mass is 10.1. The van der Waals surface area contributed by atoms with Crippen LogP contribution in [-0.4, -0.2) is 28.6 Å². The molecule has 0 aliphatic rings. The van der Waals surface area contributed by atoms with E-state index in [1.807, 2.05) is 37.3 Å². The van der Waals surface area contributed by atoms with E-state index in [1.54, 1.807) is 42.5 Å². The number of nitrogens with zero attached hydrogens (tertiary/aromatic N) is 1. The highest BCUT2D eigenvalue weighted by molar-refractivity contribution is 9.11. The lowest BCUT2D eigenvalue weighted by Gasteiger charge is -2.22. The third-order valence-electron chi connectivity index (χ3n) is 5.52. The molecule has 0 fully saturated rings. The Bertz CT molecular complexity index is 1440. The summed E-state index contributed by atoms with van der Waals surface area (Å²) in [6.07, 6.45) is -0.137. The molecular formula is C29H23Br2NO6. The van der Waals surface area contributed by atoms with Crippen LogP contribution in [0.1, 0.15) is 22.8 Å². The van der Waals surface area contributed by atoms with Crippen molar-refractivity contribution in [1.29, 1.82) is 0 Å². The molecule has 0 saturated carbocycles. The summed E-state index contributed by atoms with van der Waals surface area (Å²) >= 11 is 6.83. The summed E-state index contributed by atoms with van der Waals surface area (Å²) in [5, 5.41) is 19.6. The van der Waals surface area contributed by atoms with E-state index in [0.29, 0.717) is 49.7 Å². The Kier molecular flexibility index (Phi) is 8.70. The largest absolute Gasteiger partial charge is 0.507 e. The summed E-state index contributed by atoms with van der Waals surface area (Å²) in [5.41, 5.74) is 1.30. The van der Waals surface area contributed by atoms with Crippen LogP contribution in [0.15, 0.2) is 93.9 Å². The SMILES string of the molecule is CCN(C(=O)c1cc(Oc2c(Br)cc(CC(=O)O)cc2Br)ccc1O)c1ccc(Oc2ccccc2)cc1. The van der Waals surface area contributed by atoms with Gasteiger partial charge in [-0.25, -0.2) is 0 Å². The van der Waals surface area contributed by atoms with Gasteiger partial charge in [0.25, 0.3) is 5.91 Å². The first kappa shape index (κ1) is 27.2. The summed E-state index contributed by atoms with van der Waals surface area (Å²) in [7, 11) is 0. The predicted octanol–water partition coefficient (Wildman–Crippen LogP) is 7.80. The number of carboxylic acids is 1. The number of benzene rings is 4. The molecule has 38 heavy (non-hydrogen) atoms. The van der Waals surface area contributed by atoms with Crippen LogP contribution >= 0.6 is 31.9 Å². The highest BCUT2D eigenvalue weighted by Gasteiger charge is 2.21. The second kappa shape index (κ2) is 12.1. The van der Waals surface area contributed by atoms with Gasteiger partial charge in [-0.2, -0.15) is 0 Å². The quantitative estimate of drug-likeness (QED) is 0.194. The molecule has 2 N–H and O–H groups in total. The van der Waals surface area contributed by atoms with Crippen molar-refractivity contribution in [3.05, 3.63) is 105 Å². The lowest BCUT2D eigenvalue weighted by Crippen LogP contribution is -2.30. The zero-order valence-corrected chi connectivity index (χ0v) is 23.4. The van der Waals surface area contributed by atoms with Crippen molar-refractivity contribution in [2.45, 2.75) is 13.3 Å². The maximum absolute atomic E-state index is 13.5. The molecule has 4 rings (SSSR count). The normalized spacial score (nSPS) is 10.6. The van der Waals surface area contributed by atoms with Crippen molar-refractivity contribution in [2.24, 2.45) is 0 Å². The highest BCUT2D eigenvalue weighted by Crippen LogP contribution is 2.39. The first-order chi connectivity index (χ1) is 18.2. The number of halogens is 2. The van der Waals surface area contributed by atoms with E-state index in [4.69, 9.17) is 14.6 Å². The number of ether oxygens (including phenoxy) is 2. The summed E-state index contributed by atoms with van der Waals surface area (Å²) in [6, 6.07) is 24.2. The van der Waals surface area contributed by atoms with Crippen LogP contribution in [-0.2, 0) is 11.2 Å². The Balaban J connectivity index is 1.55. The van der Waals surface area contributed by atoms with Crippen molar-refractivity contribution in [3.8, 4) is 28.7 Å². The summed E-state index contributed by atoms with van der Waals surface area (Å²) in [4.78, 5) is 26.0. The molecule has 0 heterocycles. The lowest BCUT2D eigenvalue weighted by molar-refractivity contribution is -0.136. The molecular weight excluding hydrogens is 618 g/mol. The average Bonchev–Trinajstić information content (AvgIpc) is 2.89. The summed E-state index contributed by atoms with van der Waals surface area (Å²) in [6.45, 7) is 2.21. The third-order valence-corrected chi connectivity index (χ3v) is 6.70. The van der Waals surface area contributed by atoms with E-state index >= 15 is 0 Å². The number of carboxylic acid groups (broad SMARTS) is 1. The van der Waals surface area contributed by atoms with Crippen LogP contribution in [0, 0.1) is 0 Å². The number of carbonyl (C=O) groups is 2. The molecule has 194 valence electrons. The molecule has 4 aromatic carbocycles. The van der Waals surface area contributed by atoms with Crippen molar-refractivity contribution in [2.75, 3.05) is 11.4 Å². The number of phenolic OH excluding ortho intramolecular Hbond substituents is 1. The Hall–Kier alpha value is -3.82. The number of phenols is 1. The van der Waals surface area contributed by atoms with Crippen LogP contribution in [0.3, 0.4) is 0 Å². The van der Waals surface area contributed by atoms with Crippen LogP contribution < -0.4 is 14.4 Å². The molecule has 0 bridgehead atoms. The molecule has 0 atom stereocenters. The number of hydrogen-bond donors (Lipinski definition) is 2. The molecule has 4 aromatic rings. The summed E-state index contributed by atoms with van der Waals surface area (Å²) < 4.78 is 12.9. The number of anilines is 1. The molecule has 1 amide bonds. The van der Waals surface area contributed by atoms with Gasteiger partial charge >= 0.3 is 5.97 Å². The first-order valence-electron chi connectivity index (χ1n) is 11.6. The zero-order chi connectivity index (χ0) is 27.2. The van der Waals surface area contributed by atoms with Crippen LogP contribution in [0.25, 0.3) is 0 Å². The fourth-order valence-corrected chi connectivity index (χ4v) is 5.21. The van der Waals surface area contributed by atoms with Crippen LogP contribution in [0.4, 0.5) is 5.69 Å². The fraction of sp³-hybridized carbons (Fsp3) is 0.103. The van der Waals surface area contributed by atoms with Gasteiger partial charge in [0.15, 0.2) is 5.75 Å². The number of hydrogen-bond acceptors (Lipinski definition) is 5. The van der Waals surface area contributed by atoms with E-state index in [1.165, 1.54) is 17.0 Å². The Morgan fingerprint density at radius 2 is 1.42 bits per heavy atom. The molecule has 0 aromatic heterocycles. The topological polar surface area (TPSA) is 96.3 Å². The van der Waals surface area contributed by atoms with E-state index in [-0.39, 0.29) is 17.7 Å². The number of carbonyl (C=O) groups excluding carboxylic acids is 1. The second-order valence-corrected chi connectivity index (χ2v) is 9.91. The van der Waals surface area contributed by atoms with Gasteiger partial charge in [-0.05, 0) is 111 Å². The smallest absolute Gasteiger partial charge is 0.307 e. The van der Waals surface area contributed by atoms with Crippen molar-refractivity contribution >= 4 is 49.4 Å². The minimum atomic E-state index is -0.946. The van der Waals surface area contributed by atoms with Crippen LogP contribution in [0.5, 0.6) is 28.7 Å². The molecule has 0 aliphatic carbocycles. The van der Waals surface area contributed by atoms with Gasteiger partial charge in [0.2, 0.25) is 0 Å². The second-order valence-electron chi connectivity index (χ2n) is 8.20. The van der Waals surface area contributed by atoms with E-state index < -0.39 is 11.9 Å². The number of aromatic hydroxyl groups is 1. The number of amides is 1. The van der Waals surface area contributed by atoms with Gasteiger partial charge in [-0.3, -0.25) is 9.59 Å². The fourth-order valence-electron chi connectivity index (χ4n) is 3.76. The van der Waals surface area contributed by atoms with Crippen molar-refractivity contribution in [1.82, 2.24) is 0 Å². The molecule has 0 spiro atoms. The van der Waals surface area contributed by atoms with Gasteiger partial charge in [0.05, 0.1) is 20.9 Å². The number of para-hydroxylation sites is 1. The molecule has 0 unspecified atom stereocenters. The maximum atomic E-state index is 13.5. The highest BCUT2D eigenvalue weighted by atomic mass is 79.9. The molecule has 0 aliphatic heterocycles.